The van der Waals surface area contributed by atoms with Crippen molar-refractivity contribution in [3.05, 3.63) is 10.6 Å². The largest absolute Gasteiger partial charge is 0.392 e. The Morgan fingerprint density at radius 2 is 2.31 bits per heavy atom. The van der Waals surface area contributed by atoms with Crippen LogP contribution in [0.5, 0.6) is 0 Å². The molecule has 0 saturated carbocycles. The SMILES string of the molecule is C[C@@H]1CC[C@@H](O)CN1C/C(Cl)=C/Cl. The number of piperidine rings is 1. The Balaban J connectivity index is 2.46. The van der Waals surface area contributed by atoms with Crippen molar-refractivity contribution >= 4 is 23.2 Å². The first-order valence-electron chi connectivity index (χ1n) is 4.50. The number of nitrogens with zero attached hydrogens (tertiary/aromatic N) is 1. The van der Waals surface area contributed by atoms with Crippen LogP contribution in [0.3, 0.4) is 0 Å². The van der Waals surface area contributed by atoms with Crippen LogP contribution in [-0.4, -0.2) is 35.2 Å². The number of rotatable bonds is 2. The quantitative estimate of drug-likeness (QED) is 0.776. The molecule has 0 bridgehead atoms. The maximum absolute atomic E-state index is 9.45. The van der Waals surface area contributed by atoms with Gasteiger partial charge in [-0.25, -0.2) is 0 Å². The Hall–Kier alpha value is 0.240. The number of hydrogen-bond acceptors (Lipinski definition) is 2. The third kappa shape index (κ3) is 3.47. The summed E-state index contributed by atoms with van der Waals surface area (Å²) in [6.07, 6.45) is 1.70. The molecule has 1 aliphatic rings. The molecule has 1 rings (SSSR count). The van der Waals surface area contributed by atoms with Crippen molar-refractivity contribution in [3.8, 4) is 0 Å². The van der Waals surface area contributed by atoms with E-state index in [-0.39, 0.29) is 6.10 Å². The second-order valence-corrected chi connectivity index (χ2v) is 4.27. The molecule has 2 nitrogen and oxygen atoms in total. The predicted molar refractivity (Wildman–Crippen MR) is 56.1 cm³/mol. The van der Waals surface area contributed by atoms with E-state index < -0.39 is 0 Å². The van der Waals surface area contributed by atoms with Gasteiger partial charge in [0, 0.05) is 29.7 Å². The summed E-state index contributed by atoms with van der Waals surface area (Å²) in [6.45, 7) is 3.48. The number of β-amino-alcohol motifs (C(OH)–C–C–N with tert-alkyl or cyclic N) is 1. The highest BCUT2D eigenvalue weighted by Crippen LogP contribution is 2.19. The molecule has 0 amide bonds. The average Bonchev–Trinajstić information content (AvgIpc) is 2.11. The van der Waals surface area contributed by atoms with Crippen LogP contribution in [0.15, 0.2) is 10.6 Å². The van der Waals surface area contributed by atoms with Gasteiger partial charge < -0.3 is 5.11 Å². The Kier molecular flexibility index (Phi) is 4.53. The van der Waals surface area contributed by atoms with Gasteiger partial charge >= 0.3 is 0 Å². The number of halogens is 2. The smallest absolute Gasteiger partial charge is 0.0668 e. The second kappa shape index (κ2) is 5.20. The summed E-state index contributed by atoms with van der Waals surface area (Å²) in [5, 5.41) is 10.1. The van der Waals surface area contributed by atoms with E-state index in [9.17, 15) is 5.11 Å². The number of aliphatic hydroxyl groups excluding tert-OH is 1. The van der Waals surface area contributed by atoms with Crippen molar-refractivity contribution in [2.24, 2.45) is 0 Å². The maximum Gasteiger partial charge on any atom is 0.0668 e. The van der Waals surface area contributed by atoms with Crippen molar-refractivity contribution < 1.29 is 5.11 Å². The molecule has 0 spiro atoms. The fraction of sp³-hybridized carbons (Fsp3) is 0.778. The van der Waals surface area contributed by atoms with Crippen LogP contribution in [0.4, 0.5) is 0 Å². The van der Waals surface area contributed by atoms with Crippen molar-refractivity contribution in [2.45, 2.75) is 31.9 Å². The lowest BCUT2D eigenvalue weighted by Gasteiger charge is -2.35. The number of aliphatic hydroxyl groups is 1. The zero-order valence-electron chi connectivity index (χ0n) is 7.71. The van der Waals surface area contributed by atoms with Crippen LogP contribution < -0.4 is 0 Å². The second-order valence-electron chi connectivity index (χ2n) is 3.57. The van der Waals surface area contributed by atoms with E-state index in [4.69, 9.17) is 23.2 Å². The third-order valence-corrected chi connectivity index (χ3v) is 3.06. The highest BCUT2D eigenvalue weighted by Gasteiger charge is 2.23. The average molecular weight is 224 g/mol. The van der Waals surface area contributed by atoms with E-state index in [1.807, 2.05) is 0 Å². The molecule has 1 aliphatic heterocycles. The Morgan fingerprint density at radius 1 is 1.62 bits per heavy atom. The summed E-state index contributed by atoms with van der Waals surface area (Å²) in [7, 11) is 0. The van der Waals surface area contributed by atoms with Crippen molar-refractivity contribution in [1.82, 2.24) is 4.90 Å². The van der Waals surface area contributed by atoms with Gasteiger partial charge in [-0.05, 0) is 19.8 Å². The number of hydrogen-bond donors (Lipinski definition) is 1. The van der Waals surface area contributed by atoms with Crippen LogP contribution in [0.2, 0.25) is 0 Å². The summed E-state index contributed by atoms with van der Waals surface area (Å²) in [6, 6.07) is 0.480. The Bertz CT molecular complexity index is 196. The van der Waals surface area contributed by atoms with E-state index in [0.29, 0.717) is 24.2 Å². The van der Waals surface area contributed by atoms with Gasteiger partial charge in [0.05, 0.1) is 6.10 Å². The molecule has 4 heteroatoms. The molecular weight excluding hydrogens is 209 g/mol. The predicted octanol–water partition coefficient (Wildman–Crippen LogP) is 2.15. The van der Waals surface area contributed by atoms with Gasteiger partial charge in [0.25, 0.3) is 0 Å². The minimum atomic E-state index is -0.212. The van der Waals surface area contributed by atoms with Gasteiger partial charge in [-0.1, -0.05) is 23.2 Å². The minimum absolute atomic E-state index is 0.212. The molecule has 76 valence electrons. The zero-order valence-corrected chi connectivity index (χ0v) is 9.22. The Labute approximate surface area is 89.1 Å². The summed E-state index contributed by atoms with van der Waals surface area (Å²) in [5.41, 5.74) is 1.38. The van der Waals surface area contributed by atoms with Gasteiger partial charge in [0.1, 0.15) is 0 Å². The maximum atomic E-state index is 9.45. The molecule has 1 heterocycles. The van der Waals surface area contributed by atoms with Gasteiger partial charge in [-0.2, -0.15) is 0 Å². The third-order valence-electron chi connectivity index (χ3n) is 2.46. The summed E-state index contributed by atoms with van der Waals surface area (Å²) >= 11 is 11.3. The van der Waals surface area contributed by atoms with E-state index in [2.05, 4.69) is 11.8 Å². The van der Waals surface area contributed by atoms with Crippen molar-refractivity contribution in [3.63, 3.8) is 0 Å². The molecule has 2 atom stereocenters. The highest BCUT2D eigenvalue weighted by atomic mass is 35.5. The monoisotopic (exact) mass is 223 g/mol. The first kappa shape index (κ1) is 11.3. The molecule has 1 fully saturated rings. The van der Waals surface area contributed by atoms with Crippen LogP contribution in [0.1, 0.15) is 19.8 Å². The molecule has 0 aromatic carbocycles. The Morgan fingerprint density at radius 3 is 2.92 bits per heavy atom. The fourth-order valence-corrected chi connectivity index (χ4v) is 1.83. The van der Waals surface area contributed by atoms with Gasteiger partial charge in [-0.3, -0.25) is 4.90 Å². The highest BCUT2D eigenvalue weighted by molar-refractivity contribution is 6.36. The minimum Gasteiger partial charge on any atom is -0.392 e. The normalized spacial score (nSPS) is 32.2. The topological polar surface area (TPSA) is 23.5 Å². The molecular formula is C9H15Cl2NO. The summed E-state index contributed by atoms with van der Waals surface area (Å²) in [5.74, 6) is 0. The van der Waals surface area contributed by atoms with E-state index in [1.165, 1.54) is 5.54 Å². The molecule has 0 aliphatic carbocycles. The van der Waals surface area contributed by atoms with Crippen LogP contribution >= 0.6 is 23.2 Å². The molecule has 13 heavy (non-hydrogen) atoms. The molecule has 0 aromatic heterocycles. The summed E-state index contributed by atoms with van der Waals surface area (Å²) in [4.78, 5) is 2.15. The fourth-order valence-electron chi connectivity index (χ4n) is 1.61. The van der Waals surface area contributed by atoms with E-state index in [0.717, 1.165) is 12.8 Å². The van der Waals surface area contributed by atoms with Crippen molar-refractivity contribution in [2.75, 3.05) is 13.1 Å². The van der Waals surface area contributed by atoms with E-state index >= 15 is 0 Å². The molecule has 1 saturated heterocycles. The van der Waals surface area contributed by atoms with Gasteiger partial charge in [-0.15, -0.1) is 0 Å². The number of likely N-dealkylation sites (tertiary alicyclic amines) is 1. The lowest BCUT2D eigenvalue weighted by molar-refractivity contribution is 0.0476. The molecule has 0 aromatic rings. The van der Waals surface area contributed by atoms with Crippen LogP contribution in [0, 0.1) is 0 Å². The molecule has 0 radical (unpaired) electrons. The standard InChI is InChI=1S/C9H15Cl2NO/c1-7-2-3-9(13)6-12(7)5-8(11)4-10/h4,7,9,13H,2-3,5-6H2,1H3/b8-4-/t7-,9-/m1/s1. The van der Waals surface area contributed by atoms with Gasteiger partial charge in [0.15, 0.2) is 0 Å². The lowest BCUT2D eigenvalue weighted by Crippen LogP contribution is -2.44. The lowest BCUT2D eigenvalue weighted by atomic mass is 10.0. The molecule has 1 N–H and O–H groups in total. The first-order chi connectivity index (χ1) is 6.13. The first-order valence-corrected chi connectivity index (χ1v) is 5.31. The zero-order chi connectivity index (χ0) is 9.84. The van der Waals surface area contributed by atoms with Gasteiger partial charge in [0.2, 0.25) is 0 Å². The van der Waals surface area contributed by atoms with Crippen molar-refractivity contribution in [1.29, 1.82) is 0 Å². The summed E-state index contributed by atoms with van der Waals surface area (Å²) < 4.78 is 0. The van der Waals surface area contributed by atoms with E-state index in [1.54, 1.807) is 0 Å². The van der Waals surface area contributed by atoms with Crippen LogP contribution in [0.25, 0.3) is 0 Å². The van der Waals surface area contributed by atoms with Crippen LogP contribution in [-0.2, 0) is 0 Å². The molecule has 0 unspecified atom stereocenters.